The van der Waals surface area contributed by atoms with Crippen LogP contribution in [0.15, 0.2) is 195 Å². The Morgan fingerprint density at radius 1 is 0.491 bits per heavy atom. The lowest BCUT2D eigenvalue weighted by Crippen LogP contribution is -2.14. The van der Waals surface area contributed by atoms with E-state index >= 15 is 0 Å². The third-order valence-corrected chi connectivity index (χ3v) is 26.6. The summed E-state index contributed by atoms with van der Waals surface area (Å²) in [6.45, 7) is 12.0. The third-order valence-electron chi connectivity index (χ3n) is 15.6. The molecule has 1 aliphatic heterocycles. The average Bonchev–Trinajstić information content (AvgIpc) is 1.49. The number of ether oxygens (including phenoxy) is 6. The summed E-state index contributed by atoms with van der Waals surface area (Å²) in [4.78, 5) is 69.1. The molecule has 12 rings (SSSR count). The van der Waals surface area contributed by atoms with Gasteiger partial charge in [-0.25, -0.2) is 55.2 Å². The molecule has 0 radical (unpaired) electrons. The van der Waals surface area contributed by atoms with Crippen LogP contribution in [-0.2, 0) is 79.8 Å². The Kier molecular flexibility index (Phi) is 30.3. The van der Waals surface area contributed by atoms with E-state index in [2.05, 4.69) is 50.8 Å². The summed E-state index contributed by atoms with van der Waals surface area (Å²) < 4.78 is 164. The molecule has 612 valence electrons. The van der Waals surface area contributed by atoms with Crippen LogP contribution in [0.5, 0.6) is 63.6 Å². The number of amides is 3. The van der Waals surface area contributed by atoms with Gasteiger partial charge in [-0.1, -0.05) is 6.92 Å². The second kappa shape index (κ2) is 39.7. The molecule has 41 heteroatoms. The van der Waals surface area contributed by atoms with E-state index < -0.39 is 69.6 Å². The van der Waals surface area contributed by atoms with Gasteiger partial charge in [-0.15, -0.1) is 34.0 Å². The monoisotopic (exact) mass is 1760 g/mol. The minimum absolute atomic E-state index is 0.0354. The number of anilines is 3. The average molecular weight is 1760 g/mol. The van der Waals surface area contributed by atoms with E-state index in [4.69, 9.17) is 46.5 Å². The van der Waals surface area contributed by atoms with Crippen LogP contribution in [0.2, 0.25) is 0 Å². The number of nitrogens with zero attached hydrogens (tertiary/aromatic N) is 7. The van der Waals surface area contributed by atoms with Gasteiger partial charge in [0.25, 0.3) is 17.7 Å². The summed E-state index contributed by atoms with van der Waals surface area (Å²) in [5.74, 6) is 1.70. The van der Waals surface area contributed by atoms with Gasteiger partial charge in [-0.2, -0.15) is 0 Å². The SMILES string of the molecule is CCOP(C)(=O)Cc1csc(NC(=O)c2cc(Oc3ccc(S(C)(=O)=O)cc3)cc(Oc3cnccn3)c2)n1.CCOP(C)(=O)Cc1csc(NC(=O)c2cc(Oc3ccc(S(C)(=O)=O)cc3)cc(Oc3ncccn3)c2)n1.CC[C@H](C)Oc1cc(Oc2ccc(S(C)(=O)=O)cc2)cc(C(=O)Nc2nc(CP3(=O)OCCCO3)cs2)c1. The van der Waals surface area contributed by atoms with Crippen LogP contribution in [0.3, 0.4) is 0 Å². The summed E-state index contributed by atoms with van der Waals surface area (Å²) in [5, 5.41) is 14.3. The molecule has 0 aliphatic carbocycles. The second-order valence-electron chi connectivity index (χ2n) is 25.5. The lowest BCUT2D eigenvalue weighted by atomic mass is 10.2. The van der Waals surface area contributed by atoms with Crippen molar-refractivity contribution in [2.45, 2.75) is 79.8 Å². The van der Waals surface area contributed by atoms with Crippen LogP contribution < -0.4 is 44.4 Å². The standard InChI is InChI=1S/2C25H25N4O7PS2.C25H29N2O8PS2/c1-4-34-37(2,31)15-18-16-38-25(28-18)29-23(30)17-12-20(14-21(13-17)36-24-26-10-5-11-27-24)35-19-6-8-22(9-7-19)39(3,32)33;1-4-34-37(2,31)15-18-16-38-25(28-18)29-24(30)17-11-20(13-21(12-17)36-23-14-26-9-10-27-23)35-19-5-7-22(8-6-19)39(3,32)33;1-4-17(2)34-21-12-18(13-22(14-21)35-20-6-8-23(9-7-20)38(3,30)31)24(28)27-25-26-19(16-37-25)15-36(29)32-10-5-11-33-36/h2*5-14,16H,4,15H2,1-3H3,(H,28,29,30);6-9,12-14,16-17H,4-5,10-11,15H2,1-3H3,(H,26,27,28)/t;;17-/m..0/s1. The predicted molar refractivity (Wildman–Crippen MR) is 439 cm³/mol. The Hall–Kier alpha value is -10.0. The second-order valence-corrected chi connectivity index (χ2v) is 41.4. The molecular formula is C75H79N10O22P3S6. The fourth-order valence-electron chi connectivity index (χ4n) is 10.2. The number of rotatable bonds is 32. The molecule has 0 spiro atoms. The fourth-order valence-corrected chi connectivity index (χ4v) is 19.0. The lowest BCUT2D eigenvalue weighted by molar-refractivity contribution is 0.101. The number of aromatic nitrogens is 7. The molecular weight excluding hydrogens is 1680 g/mol. The predicted octanol–water partition coefficient (Wildman–Crippen LogP) is 17.1. The van der Waals surface area contributed by atoms with Gasteiger partial charge in [0.2, 0.25) is 20.6 Å². The van der Waals surface area contributed by atoms with Crippen molar-refractivity contribution in [2.75, 3.05) is 74.5 Å². The fraction of sp³-hybridized carbons (Fsp3) is 0.253. The van der Waals surface area contributed by atoms with Gasteiger partial charge in [-0.3, -0.25) is 49.0 Å². The highest BCUT2D eigenvalue weighted by Gasteiger charge is 2.30. The van der Waals surface area contributed by atoms with E-state index in [1.165, 1.54) is 150 Å². The van der Waals surface area contributed by atoms with Crippen LogP contribution in [0, 0.1) is 0 Å². The van der Waals surface area contributed by atoms with Crippen LogP contribution in [0.4, 0.5) is 15.4 Å². The molecule has 1 fully saturated rings. The highest BCUT2D eigenvalue weighted by molar-refractivity contribution is 7.91. The molecule has 11 aromatic rings. The van der Waals surface area contributed by atoms with Gasteiger partial charge in [0, 0.05) is 108 Å². The molecule has 5 aromatic heterocycles. The maximum atomic E-state index is 13.1. The quantitative estimate of drug-likeness (QED) is 0.0330. The van der Waals surface area contributed by atoms with Crippen molar-refractivity contribution in [1.82, 2.24) is 34.9 Å². The molecule has 32 nitrogen and oxygen atoms in total. The largest absolute Gasteiger partial charge is 0.491 e. The molecule has 3 amide bonds. The first-order valence-corrected chi connectivity index (χ1v) is 49.6. The first-order chi connectivity index (χ1) is 55.0. The number of hydrogen-bond acceptors (Lipinski definition) is 32. The zero-order valence-electron chi connectivity index (χ0n) is 63.7. The van der Waals surface area contributed by atoms with E-state index in [1.54, 1.807) is 91.8 Å². The van der Waals surface area contributed by atoms with Gasteiger partial charge >= 0.3 is 13.6 Å². The van der Waals surface area contributed by atoms with E-state index in [1.807, 2.05) is 13.8 Å². The molecule has 1 aliphatic rings. The normalized spacial score (nSPS) is 13.9. The first kappa shape index (κ1) is 88.3. The van der Waals surface area contributed by atoms with Crippen LogP contribution in [-0.4, -0.2) is 142 Å². The van der Waals surface area contributed by atoms with E-state index in [0.717, 1.165) is 25.2 Å². The molecule has 3 atom stereocenters. The Morgan fingerprint density at radius 2 is 0.862 bits per heavy atom. The number of thiazole rings is 3. The number of benzene rings is 6. The molecule has 116 heavy (non-hydrogen) atoms. The molecule has 2 unspecified atom stereocenters. The number of carbonyl (C=O) groups is 3. The van der Waals surface area contributed by atoms with Gasteiger partial charge in [0.15, 0.2) is 44.9 Å². The van der Waals surface area contributed by atoms with Crippen molar-refractivity contribution < 1.29 is 99.8 Å². The van der Waals surface area contributed by atoms with Gasteiger partial charge in [0.05, 0.1) is 89.0 Å². The molecule has 6 heterocycles. The van der Waals surface area contributed by atoms with E-state index in [9.17, 15) is 53.3 Å². The zero-order chi connectivity index (χ0) is 83.4. The first-order valence-electron chi connectivity index (χ1n) is 35.1. The molecule has 0 saturated carbocycles. The van der Waals surface area contributed by atoms with Crippen molar-refractivity contribution in [1.29, 1.82) is 0 Å². The van der Waals surface area contributed by atoms with Crippen molar-refractivity contribution >= 4 is 119 Å². The number of nitrogens with one attached hydrogen (secondary N) is 3. The maximum absolute atomic E-state index is 13.1. The molecule has 1 saturated heterocycles. The van der Waals surface area contributed by atoms with Crippen LogP contribution in [0.25, 0.3) is 0 Å². The van der Waals surface area contributed by atoms with Crippen molar-refractivity contribution in [2.24, 2.45) is 0 Å². The summed E-state index contributed by atoms with van der Waals surface area (Å²) in [7, 11) is -19.0. The number of hydrogen-bond donors (Lipinski definition) is 3. The Bertz CT molecular complexity index is 5530. The third kappa shape index (κ3) is 27.6. The maximum Gasteiger partial charge on any atom is 0.336 e. The summed E-state index contributed by atoms with van der Waals surface area (Å²) in [6, 6.07) is 33.4. The Balaban J connectivity index is 0.000000184. The van der Waals surface area contributed by atoms with Crippen LogP contribution in [0.1, 0.15) is 88.7 Å². The van der Waals surface area contributed by atoms with E-state index in [-0.39, 0.29) is 90.9 Å². The number of sulfone groups is 3. The molecule has 6 aromatic carbocycles. The lowest BCUT2D eigenvalue weighted by Gasteiger charge is -2.21. The van der Waals surface area contributed by atoms with Crippen LogP contribution >= 0.6 is 56.3 Å². The van der Waals surface area contributed by atoms with Crippen molar-refractivity contribution in [3.8, 4) is 63.6 Å². The Morgan fingerprint density at radius 3 is 1.24 bits per heavy atom. The summed E-state index contributed by atoms with van der Waals surface area (Å²) >= 11 is 3.60. The van der Waals surface area contributed by atoms with Gasteiger partial charge < -0.3 is 46.5 Å². The summed E-state index contributed by atoms with van der Waals surface area (Å²) in [6.07, 6.45) is 12.5. The minimum atomic E-state index is -3.36. The smallest absolute Gasteiger partial charge is 0.336 e. The highest BCUT2D eigenvalue weighted by Crippen LogP contribution is 2.54. The van der Waals surface area contributed by atoms with Gasteiger partial charge in [-0.05, 0) is 149 Å². The van der Waals surface area contributed by atoms with Crippen molar-refractivity contribution in [3.63, 3.8) is 0 Å². The number of carbonyl (C=O) groups excluding carboxylic acids is 3. The topological polar surface area (TPSA) is 423 Å². The Labute approximate surface area is 681 Å². The summed E-state index contributed by atoms with van der Waals surface area (Å²) in [5.41, 5.74) is 2.28. The molecule has 0 bridgehead atoms. The zero-order valence-corrected chi connectivity index (χ0v) is 71.2. The van der Waals surface area contributed by atoms with Crippen molar-refractivity contribution in [3.05, 3.63) is 214 Å². The highest BCUT2D eigenvalue weighted by atomic mass is 32.2. The van der Waals surface area contributed by atoms with E-state index in [0.29, 0.717) is 94.1 Å². The minimum Gasteiger partial charge on any atom is -0.491 e. The van der Waals surface area contributed by atoms with Gasteiger partial charge in [0.1, 0.15) is 51.7 Å². The molecule has 3 N–H and O–H groups in total.